The minimum Gasteiger partial charge on any atom is -0.358 e. The Morgan fingerprint density at radius 3 is 2.66 bits per heavy atom. The Morgan fingerprint density at radius 1 is 1.11 bits per heavy atom. The van der Waals surface area contributed by atoms with Gasteiger partial charge in [0, 0.05) is 48.8 Å². The van der Waals surface area contributed by atoms with E-state index in [0.717, 1.165) is 64.1 Å². The van der Waals surface area contributed by atoms with E-state index >= 15 is 0 Å². The predicted octanol–water partition coefficient (Wildman–Crippen LogP) is 2.47. The molecule has 1 amide bonds. The highest BCUT2D eigenvalue weighted by molar-refractivity contribution is 7.89. The number of fused-ring (bicyclic) bond motifs is 2. The van der Waals surface area contributed by atoms with E-state index in [1.807, 2.05) is 6.08 Å². The molecule has 0 unspecified atom stereocenters. The van der Waals surface area contributed by atoms with Crippen molar-refractivity contribution < 1.29 is 13.2 Å². The second-order valence-corrected chi connectivity index (χ2v) is 11.7. The maximum atomic E-state index is 12.9. The number of aryl methyl sites for hydroxylation is 1. The van der Waals surface area contributed by atoms with Gasteiger partial charge >= 0.3 is 0 Å². The molecule has 1 saturated heterocycles. The lowest BCUT2D eigenvalue weighted by Gasteiger charge is -2.32. The van der Waals surface area contributed by atoms with E-state index in [-0.39, 0.29) is 10.8 Å². The van der Waals surface area contributed by atoms with Gasteiger partial charge in [-0.2, -0.15) is 0 Å². The molecule has 1 fully saturated rings. The molecule has 1 aromatic heterocycles. The maximum absolute atomic E-state index is 12.9. The van der Waals surface area contributed by atoms with Gasteiger partial charge < -0.3 is 20.1 Å². The molecule has 3 heterocycles. The van der Waals surface area contributed by atoms with E-state index in [1.54, 1.807) is 12.1 Å². The van der Waals surface area contributed by atoms with E-state index in [2.05, 4.69) is 31.9 Å². The minimum atomic E-state index is -3.60. The molecular formula is C26H35N5O3S. The quantitative estimate of drug-likeness (QED) is 0.511. The number of H-pyrrole nitrogens is 1. The Morgan fingerprint density at radius 2 is 1.89 bits per heavy atom. The first-order valence-corrected chi connectivity index (χ1v) is 14.1. The lowest BCUT2D eigenvalue weighted by atomic mass is 9.92. The molecule has 2 aromatic rings. The van der Waals surface area contributed by atoms with Gasteiger partial charge in [0.1, 0.15) is 0 Å². The van der Waals surface area contributed by atoms with Gasteiger partial charge in [-0.05, 0) is 94.6 Å². The number of carbonyl (C=O) groups is 1. The number of hydrogen-bond donors (Lipinski definition) is 3. The zero-order valence-corrected chi connectivity index (χ0v) is 21.4. The van der Waals surface area contributed by atoms with E-state index in [4.69, 9.17) is 0 Å². The summed E-state index contributed by atoms with van der Waals surface area (Å²) in [7, 11) is -0.0343. The number of amides is 1. The van der Waals surface area contributed by atoms with Crippen LogP contribution in [0.25, 0.3) is 11.6 Å². The number of sulfonamides is 1. The summed E-state index contributed by atoms with van der Waals surface area (Å²) in [5.41, 5.74) is 6.81. The molecule has 0 radical (unpaired) electrons. The summed E-state index contributed by atoms with van der Waals surface area (Å²) < 4.78 is 27.1. The molecule has 3 N–H and O–H groups in total. The van der Waals surface area contributed by atoms with Crippen molar-refractivity contribution in [1.82, 2.24) is 19.5 Å². The zero-order valence-electron chi connectivity index (χ0n) is 20.6. The molecule has 5 rings (SSSR count). The Balaban J connectivity index is 1.44. The highest BCUT2D eigenvalue weighted by Gasteiger charge is 2.28. The number of likely N-dealkylation sites (N-methyl/N-ethyl adjacent to an activating group) is 1. The summed E-state index contributed by atoms with van der Waals surface area (Å²) in [6.07, 6.45) is 8.47. The predicted molar refractivity (Wildman–Crippen MR) is 139 cm³/mol. The smallest absolute Gasteiger partial charge is 0.256 e. The molecule has 1 aromatic carbocycles. The van der Waals surface area contributed by atoms with Gasteiger partial charge in [-0.1, -0.05) is 0 Å². The van der Waals surface area contributed by atoms with Crippen molar-refractivity contribution in [3.05, 3.63) is 46.3 Å². The fourth-order valence-electron chi connectivity index (χ4n) is 5.48. The summed E-state index contributed by atoms with van der Waals surface area (Å²) in [6.45, 7) is 5.56. The highest BCUT2D eigenvalue weighted by Crippen LogP contribution is 2.37. The number of nitrogens with one attached hydrogen (secondary N) is 3. The van der Waals surface area contributed by atoms with Gasteiger partial charge in [0.2, 0.25) is 10.0 Å². The summed E-state index contributed by atoms with van der Waals surface area (Å²) >= 11 is 0. The van der Waals surface area contributed by atoms with Crippen LogP contribution < -0.4 is 10.0 Å². The van der Waals surface area contributed by atoms with E-state index < -0.39 is 10.0 Å². The Bertz CT molecular complexity index is 1260. The molecule has 0 spiro atoms. The monoisotopic (exact) mass is 497 g/mol. The van der Waals surface area contributed by atoms with Crippen LogP contribution in [-0.2, 0) is 34.1 Å². The zero-order chi connectivity index (χ0) is 24.6. The van der Waals surface area contributed by atoms with Crippen LogP contribution >= 0.6 is 0 Å². The normalized spacial score (nSPS) is 20.2. The summed E-state index contributed by atoms with van der Waals surface area (Å²) in [4.78, 5) is 21.6. The van der Waals surface area contributed by atoms with Crippen molar-refractivity contribution in [2.75, 3.05) is 52.1 Å². The van der Waals surface area contributed by atoms with E-state index in [0.29, 0.717) is 16.8 Å². The summed E-state index contributed by atoms with van der Waals surface area (Å²) in [5, 5.41) is 2.89. The molecule has 1 aliphatic carbocycles. The van der Waals surface area contributed by atoms with Crippen molar-refractivity contribution in [2.24, 2.45) is 0 Å². The summed E-state index contributed by atoms with van der Waals surface area (Å²) in [5.74, 6) is -0.199. The average Bonchev–Trinajstić information content (AvgIpc) is 3.37. The molecule has 0 saturated carbocycles. The van der Waals surface area contributed by atoms with Gasteiger partial charge in [0.05, 0.1) is 10.5 Å². The van der Waals surface area contributed by atoms with Crippen LogP contribution in [-0.4, -0.2) is 75.9 Å². The van der Waals surface area contributed by atoms with E-state index in [1.165, 1.54) is 42.8 Å². The van der Waals surface area contributed by atoms with Crippen LogP contribution in [0.15, 0.2) is 23.1 Å². The van der Waals surface area contributed by atoms with Gasteiger partial charge in [-0.25, -0.2) is 13.1 Å². The van der Waals surface area contributed by atoms with Crippen LogP contribution in [0, 0.1) is 0 Å². The lowest BCUT2D eigenvalue weighted by Crippen LogP contribution is -2.44. The number of aromatic amines is 1. The van der Waals surface area contributed by atoms with Crippen molar-refractivity contribution in [3.8, 4) is 0 Å². The number of rotatable bonds is 7. The third-order valence-electron chi connectivity index (χ3n) is 7.58. The number of hydrogen-bond acceptors (Lipinski definition) is 5. The van der Waals surface area contributed by atoms with Crippen LogP contribution in [0.2, 0.25) is 0 Å². The Labute approximate surface area is 207 Å². The molecule has 2 aliphatic heterocycles. The standard InChI is InChI=1S/C26H35N5O3S/c1-27-35(33,34)18-9-10-24-21(16-18)22(26(32)29-24)17-25-20(19-6-3-4-8-23(19)28-25)7-5-11-31-14-12-30(2)13-15-31/h9-10,16-17,27-28H,3-8,11-15H2,1-2H3,(H,29,32)/b22-17-. The first-order chi connectivity index (χ1) is 16.9. The van der Waals surface area contributed by atoms with Gasteiger partial charge in [-0.3, -0.25) is 4.79 Å². The van der Waals surface area contributed by atoms with E-state index in [9.17, 15) is 13.2 Å². The molecule has 9 heteroatoms. The number of piperazine rings is 1. The van der Waals surface area contributed by atoms with Crippen LogP contribution in [0.5, 0.6) is 0 Å². The molecule has 8 nitrogen and oxygen atoms in total. The summed E-state index contributed by atoms with van der Waals surface area (Å²) in [6, 6.07) is 4.76. The SMILES string of the molecule is CNS(=O)(=O)c1ccc2c(c1)/C(=C/c1[nH]c3c(c1CCCN1CCN(C)CC1)CCCC3)C(=O)N2. The second-order valence-electron chi connectivity index (χ2n) is 9.86. The molecule has 188 valence electrons. The van der Waals surface area contributed by atoms with Crippen molar-refractivity contribution in [2.45, 2.75) is 43.4 Å². The van der Waals surface area contributed by atoms with Crippen molar-refractivity contribution in [3.63, 3.8) is 0 Å². The minimum absolute atomic E-state index is 0.152. The number of aromatic nitrogens is 1. The largest absolute Gasteiger partial charge is 0.358 e. The fourth-order valence-corrected chi connectivity index (χ4v) is 6.23. The number of nitrogens with zero attached hydrogens (tertiary/aromatic N) is 2. The molecular weight excluding hydrogens is 462 g/mol. The molecule has 0 atom stereocenters. The van der Waals surface area contributed by atoms with Crippen LogP contribution in [0.3, 0.4) is 0 Å². The van der Waals surface area contributed by atoms with Gasteiger partial charge in [-0.15, -0.1) is 0 Å². The molecule has 0 bridgehead atoms. The average molecular weight is 498 g/mol. The second kappa shape index (κ2) is 9.89. The highest BCUT2D eigenvalue weighted by atomic mass is 32.2. The van der Waals surface area contributed by atoms with Crippen molar-refractivity contribution in [1.29, 1.82) is 0 Å². The Hall–Kier alpha value is -2.46. The Kier molecular flexibility index (Phi) is 6.85. The first kappa shape index (κ1) is 24.2. The number of anilines is 1. The number of carbonyl (C=O) groups excluding carboxylic acids is 1. The maximum Gasteiger partial charge on any atom is 0.256 e. The third-order valence-corrected chi connectivity index (χ3v) is 8.99. The molecule has 35 heavy (non-hydrogen) atoms. The third kappa shape index (κ3) is 4.95. The fraction of sp³-hybridized carbons (Fsp3) is 0.500. The van der Waals surface area contributed by atoms with Crippen LogP contribution in [0.1, 0.15) is 47.3 Å². The number of benzene rings is 1. The van der Waals surface area contributed by atoms with Gasteiger partial charge in [0.25, 0.3) is 5.91 Å². The lowest BCUT2D eigenvalue weighted by molar-refractivity contribution is -0.110. The van der Waals surface area contributed by atoms with Crippen molar-refractivity contribution >= 4 is 33.3 Å². The molecule has 3 aliphatic rings. The first-order valence-electron chi connectivity index (χ1n) is 12.6. The van der Waals surface area contributed by atoms with Crippen LogP contribution in [0.4, 0.5) is 5.69 Å². The topological polar surface area (TPSA) is 97.5 Å². The van der Waals surface area contributed by atoms with Gasteiger partial charge in [0.15, 0.2) is 0 Å².